The molecular weight excluding hydrogens is 344 g/mol. The highest BCUT2D eigenvalue weighted by Crippen LogP contribution is 2.55. The third-order valence-electron chi connectivity index (χ3n) is 6.24. The second-order valence-corrected chi connectivity index (χ2v) is 10.1. The summed E-state index contributed by atoms with van der Waals surface area (Å²) in [5.74, 6) is 0.946. The zero-order chi connectivity index (χ0) is 17.9. The van der Waals surface area contributed by atoms with Gasteiger partial charge in [0.1, 0.15) is 4.75 Å². The number of benzene rings is 2. The van der Waals surface area contributed by atoms with Crippen LogP contribution in [0.25, 0.3) is 0 Å². The SMILES string of the molecule is CC1CN[C@@H]2CC3(S(=O)(=O)c4ccccc4)C=Nc4cccc(c43)[C@H]2C1. The van der Waals surface area contributed by atoms with Crippen molar-refractivity contribution in [3.8, 4) is 0 Å². The summed E-state index contributed by atoms with van der Waals surface area (Å²) in [6.07, 6.45) is 3.34. The van der Waals surface area contributed by atoms with E-state index in [4.69, 9.17) is 0 Å². The molecule has 2 aromatic rings. The van der Waals surface area contributed by atoms with Crippen molar-refractivity contribution in [1.29, 1.82) is 0 Å². The number of nitrogens with one attached hydrogen (secondary N) is 1. The van der Waals surface area contributed by atoms with Crippen LogP contribution in [0.1, 0.15) is 36.8 Å². The van der Waals surface area contributed by atoms with Crippen molar-refractivity contribution in [3.05, 3.63) is 59.7 Å². The highest BCUT2D eigenvalue weighted by Gasteiger charge is 2.56. The molecule has 134 valence electrons. The Bertz CT molecular complexity index is 1000. The molecule has 2 unspecified atom stereocenters. The Morgan fingerprint density at radius 3 is 2.73 bits per heavy atom. The number of hydrogen-bond donors (Lipinski definition) is 1. The third-order valence-corrected chi connectivity index (χ3v) is 8.56. The Morgan fingerprint density at radius 1 is 1.12 bits per heavy atom. The lowest BCUT2D eigenvalue weighted by atomic mass is 9.69. The molecule has 1 aliphatic carbocycles. The fraction of sp³-hybridized carbons (Fsp3) is 0.381. The summed E-state index contributed by atoms with van der Waals surface area (Å²) in [5, 5.41) is 3.62. The van der Waals surface area contributed by atoms with Crippen molar-refractivity contribution in [1.82, 2.24) is 5.32 Å². The van der Waals surface area contributed by atoms with Crippen molar-refractivity contribution in [3.63, 3.8) is 0 Å². The lowest BCUT2D eigenvalue weighted by Gasteiger charge is -2.46. The summed E-state index contributed by atoms with van der Waals surface area (Å²) < 4.78 is 26.5. The Morgan fingerprint density at radius 2 is 1.92 bits per heavy atom. The van der Waals surface area contributed by atoms with Crippen LogP contribution in [-0.2, 0) is 14.6 Å². The first-order chi connectivity index (χ1) is 12.5. The van der Waals surface area contributed by atoms with Crippen LogP contribution >= 0.6 is 0 Å². The van der Waals surface area contributed by atoms with Crippen molar-refractivity contribution < 1.29 is 8.42 Å². The largest absolute Gasteiger partial charge is 0.313 e. The van der Waals surface area contributed by atoms with Crippen LogP contribution < -0.4 is 5.32 Å². The molecule has 0 bridgehead atoms. The number of sulfone groups is 1. The number of nitrogens with zero attached hydrogens (tertiary/aromatic N) is 1. The lowest BCUT2D eigenvalue weighted by Crippen LogP contribution is -2.53. The molecule has 0 radical (unpaired) electrons. The average Bonchev–Trinajstić information content (AvgIpc) is 3.05. The van der Waals surface area contributed by atoms with Crippen LogP contribution in [0.3, 0.4) is 0 Å². The molecule has 2 aliphatic heterocycles. The third kappa shape index (κ3) is 2.04. The number of piperidine rings is 1. The van der Waals surface area contributed by atoms with Gasteiger partial charge in [-0.15, -0.1) is 0 Å². The van der Waals surface area contributed by atoms with E-state index in [0.29, 0.717) is 23.2 Å². The fourth-order valence-corrected chi connectivity index (χ4v) is 7.03. The van der Waals surface area contributed by atoms with Crippen LogP contribution in [0.4, 0.5) is 5.69 Å². The molecule has 5 heteroatoms. The summed E-state index contributed by atoms with van der Waals surface area (Å²) in [4.78, 5) is 4.93. The first-order valence-corrected chi connectivity index (χ1v) is 10.7. The lowest BCUT2D eigenvalue weighted by molar-refractivity contribution is 0.254. The van der Waals surface area contributed by atoms with Crippen molar-refractivity contribution in [2.24, 2.45) is 10.9 Å². The van der Waals surface area contributed by atoms with E-state index in [1.807, 2.05) is 18.2 Å². The minimum absolute atomic E-state index is 0.164. The molecule has 1 fully saturated rings. The van der Waals surface area contributed by atoms with E-state index in [-0.39, 0.29) is 6.04 Å². The monoisotopic (exact) mass is 366 g/mol. The van der Waals surface area contributed by atoms with Crippen LogP contribution in [-0.4, -0.2) is 27.2 Å². The van der Waals surface area contributed by atoms with E-state index in [1.54, 1.807) is 30.5 Å². The summed E-state index contributed by atoms with van der Waals surface area (Å²) in [6, 6.07) is 15.0. The molecule has 26 heavy (non-hydrogen) atoms. The van der Waals surface area contributed by atoms with Gasteiger partial charge in [0.2, 0.25) is 0 Å². The molecule has 0 saturated carbocycles. The number of rotatable bonds is 2. The van der Waals surface area contributed by atoms with Gasteiger partial charge in [-0.1, -0.05) is 37.3 Å². The van der Waals surface area contributed by atoms with Gasteiger partial charge in [-0.3, -0.25) is 4.99 Å². The Labute approximate surface area is 154 Å². The fourth-order valence-electron chi connectivity index (χ4n) is 5.01. The maximum Gasteiger partial charge on any atom is 0.193 e. The predicted octanol–water partition coefficient (Wildman–Crippen LogP) is 3.56. The average molecular weight is 366 g/mol. The minimum atomic E-state index is -3.59. The molecule has 0 amide bonds. The zero-order valence-corrected chi connectivity index (χ0v) is 15.5. The molecule has 4 atom stereocenters. The number of aliphatic imine (C=N–C) groups is 1. The van der Waals surface area contributed by atoms with Gasteiger partial charge in [-0.05, 0) is 49.1 Å². The van der Waals surface area contributed by atoms with E-state index in [9.17, 15) is 8.42 Å². The minimum Gasteiger partial charge on any atom is -0.313 e. The highest BCUT2D eigenvalue weighted by atomic mass is 32.2. The molecule has 1 saturated heterocycles. The zero-order valence-electron chi connectivity index (χ0n) is 14.7. The molecule has 0 spiro atoms. The van der Waals surface area contributed by atoms with Crippen LogP contribution in [0.5, 0.6) is 0 Å². The van der Waals surface area contributed by atoms with Gasteiger partial charge in [0.25, 0.3) is 0 Å². The van der Waals surface area contributed by atoms with E-state index >= 15 is 0 Å². The number of fused-ring (bicyclic) bond motifs is 2. The van der Waals surface area contributed by atoms with E-state index in [0.717, 1.165) is 29.8 Å². The predicted molar refractivity (Wildman–Crippen MR) is 103 cm³/mol. The first kappa shape index (κ1) is 16.2. The van der Waals surface area contributed by atoms with Crippen molar-refractivity contribution in [2.45, 2.75) is 41.4 Å². The molecule has 2 heterocycles. The van der Waals surface area contributed by atoms with Crippen molar-refractivity contribution >= 4 is 21.7 Å². The molecule has 3 aliphatic rings. The van der Waals surface area contributed by atoms with Gasteiger partial charge in [0.05, 0.1) is 10.6 Å². The molecule has 5 rings (SSSR count). The summed E-state index contributed by atoms with van der Waals surface area (Å²) in [7, 11) is -3.59. The molecule has 2 aromatic carbocycles. The smallest absolute Gasteiger partial charge is 0.193 e. The number of hydrogen-bond acceptors (Lipinski definition) is 4. The summed E-state index contributed by atoms with van der Waals surface area (Å²) in [5.41, 5.74) is 2.90. The second-order valence-electron chi connectivity index (χ2n) is 7.87. The van der Waals surface area contributed by atoms with Crippen molar-refractivity contribution in [2.75, 3.05) is 6.54 Å². The Balaban J connectivity index is 1.75. The highest BCUT2D eigenvalue weighted by molar-refractivity contribution is 7.93. The van der Waals surface area contributed by atoms with Gasteiger partial charge in [0.15, 0.2) is 9.84 Å². The van der Waals surface area contributed by atoms with Gasteiger partial charge in [-0.25, -0.2) is 8.42 Å². The van der Waals surface area contributed by atoms with Gasteiger partial charge >= 0.3 is 0 Å². The Kier molecular flexibility index (Phi) is 3.43. The second kappa shape index (κ2) is 5.51. The molecule has 4 nitrogen and oxygen atoms in total. The first-order valence-electron chi connectivity index (χ1n) is 9.24. The summed E-state index contributed by atoms with van der Waals surface area (Å²) >= 11 is 0. The van der Waals surface area contributed by atoms with Gasteiger partial charge in [-0.2, -0.15) is 0 Å². The van der Waals surface area contributed by atoms with E-state index in [2.05, 4.69) is 23.3 Å². The standard InChI is InChI=1S/C21H22N2O2S/c1-14-10-17-16-8-5-9-18-20(16)21(13-23-18,11-19(17)22-12-14)26(24,25)15-6-3-2-4-7-15/h2-9,13-14,17,19,22H,10-12H2,1H3/t14?,17-,19-,21?/m1/s1. The van der Waals surface area contributed by atoms with Crippen LogP contribution in [0, 0.1) is 5.92 Å². The summed E-state index contributed by atoms with van der Waals surface area (Å²) in [6.45, 7) is 3.19. The topological polar surface area (TPSA) is 58.5 Å². The quantitative estimate of drug-likeness (QED) is 0.884. The van der Waals surface area contributed by atoms with Crippen LogP contribution in [0.15, 0.2) is 58.4 Å². The molecule has 0 aromatic heterocycles. The van der Waals surface area contributed by atoms with E-state index in [1.165, 1.54) is 0 Å². The van der Waals surface area contributed by atoms with E-state index < -0.39 is 14.6 Å². The maximum absolute atomic E-state index is 13.8. The molecular formula is C21H22N2O2S. The Hall–Kier alpha value is -1.98. The van der Waals surface area contributed by atoms with Gasteiger partial charge < -0.3 is 5.32 Å². The normalized spacial score (nSPS) is 32.1. The maximum atomic E-state index is 13.8. The van der Waals surface area contributed by atoms with Gasteiger partial charge in [0, 0.05) is 23.7 Å². The van der Waals surface area contributed by atoms with Crippen LogP contribution in [0.2, 0.25) is 0 Å². The molecule has 1 N–H and O–H groups in total.